The summed E-state index contributed by atoms with van der Waals surface area (Å²) in [7, 11) is 1.72. The molecule has 1 atom stereocenters. The summed E-state index contributed by atoms with van der Waals surface area (Å²) in [4.78, 5) is 0. The summed E-state index contributed by atoms with van der Waals surface area (Å²) in [6.45, 7) is 10.4. The van der Waals surface area contributed by atoms with Gasteiger partial charge in [-0.15, -0.1) is 0 Å². The molecule has 1 unspecified atom stereocenters. The molecule has 3 nitrogen and oxygen atoms in total. The molecule has 0 radical (unpaired) electrons. The summed E-state index contributed by atoms with van der Waals surface area (Å²) in [5, 5.41) is 3.58. The molecule has 0 aromatic heterocycles. The molecular formula is C16H28N2O. The minimum atomic E-state index is 0.00884. The van der Waals surface area contributed by atoms with Gasteiger partial charge in [-0.3, -0.25) is 0 Å². The lowest BCUT2D eigenvalue weighted by Crippen LogP contribution is -2.45. The van der Waals surface area contributed by atoms with Crippen molar-refractivity contribution in [2.45, 2.75) is 39.2 Å². The highest BCUT2D eigenvalue weighted by Gasteiger charge is 2.25. The van der Waals surface area contributed by atoms with E-state index in [1.54, 1.807) is 7.11 Å². The molecule has 1 aromatic carbocycles. The van der Waals surface area contributed by atoms with Crippen LogP contribution in [0.15, 0.2) is 24.3 Å². The maximum absolute atomic E-state index is 5.81. The van der Waals surface area contributed by atoms with Crippen molar-refractivity contribution in [1.29, 1.82) is 0 Å². The highest BCUT2D eigenvalue weighted by molar-refractivity contribution is 5.39. The Morgan fingerprint density at radius 1 is 1.26 bits per heavy atom. The molecule has 1 aromatic rings. The highest BCUT2D eigenvalue weighted by Crippen LogP contribution is 2.30. The number of ether oxygens (including phenoxy) is 1. The summed E-state index contributed by atoms with van der Waals surface area (Å²) in [5.74, 6) is 1.49. The minimum absolute atomic E-state index is 0.00884. The van der Waals surface area contributed by atoms with E-state index in [2.05, 4.69) is 45.1 Å². The standard InChI is InChI=1S/C16H28N2O/c1-12(2)14(10-17)18-11-16(3,4)13-8-6-7-9-15(13)19-5/h6-9,12,14,18H,10-11,17H2,1-5H3. The fraction of sp³-hybridized carbons (Fsp3) is 0.625. The van der Waals surface area contributed by atoms with E-state index in [4.69, 9.17) is 10.5 Å². The molecule has 0 saturated carbocycles. The van der Waals surface area contributed by atoms with Crippen LogP contribution in [0.3, 0.4) is 0 Å². The lowest BCUT2D eigenvalue weighted by molar-refractivity contribution is 0.347. The average molecular weight is 264 g/mol. The number of hydrogen-bond acceptors (Lipinski definition) is 3. The van der Waals surface area contributed by atoms with Crippen molar-refractivity contribution in [3.63, 3.8) is 0 Å². The second-order valence-corrected chi connectivity index (χ2v) is 6.05. The Morgan fingerprint density at radius 3 is 2.42 bits per heavy atom. The molecule has 0 spiro atoms. The van der Waals surface area contributed by atoms with Crippen LogP contribution >= 0.6 is 0 Å². The van der Waals surface area contributed by atoms with Crippen molar-refractivity contribution >= 4 is 0 Å². The monoisotopic (exact) mass is 264 g/mol. The van der Waals surface area contributed by atoms with E-state index in [1.807, 2.05) is 12.1 Å². The molecular weight excluding hydrogens is 236 g/mol. The highest BCUT2D eigenvalue weighted by atomic mass is 16.5. The van der Waals surface area contributed by atoms with Gasteiger partial charge in [-0.25, -0.2) is 0 Å². The minimum Gasteiger partial charge on any atom is -0.496 e. The van der Waals surface area contributed by atoms with E-state index >= 15 is 0 Å². The van der Waals surface area contributed by atoms with Gasteiger partial charge in [0.15, 0.2) is 0 Å². The topological polar surface area (TPSA) is 47.3 Å². The smallest absolute Gasteiger partial charge is 0.122 e. The average Bonchev–Trinajstić information content (AvgIpc) is 2.38. The van der Waals surface area contributed by atoms with Crippen LogP contribution in [0, 0.1) is 5.92 Å². The third-order valence-electron chi connectivity index (χ3n) is 3.70. The number of nitrogens with two attached hydrogens (primary N) is 1. The van der Waals surface area contributed by atoms with E-state index < -0.39 is 0 Å². The molecule has 0 heterocycles. The Morgan fingerprint density at radius 2 is 1.89 bits per heavy atom. The Hall–Kier alpha value is -1.06. The first-order valence-electron chi connectivity index (χ1n) is 6.99. The largest absolute Gasteiger partial charge is 0.496 e. The van der Waals surface area contributed by atoms with Crippen LogP contribution in [0.4, 0.5) is 0 Å². The molecule has 0 saturated heterocycles. The Balaban J connectivity index is 2.80. The van der Waals surface area contributed by atoms with Gasteiger partial charge in [-0.1, -0.05) is 45.9 Å². The molecule has 19 heavy (non-hydrogen) atoms. The van der Waals surface area contributed by atoms with Crippen LogP contribution in [-0.4, -0.2) is 26.2 Å². The number of benzene rings is 1. The normalized spacial score (nSPS) is 13.6. The van der Waals surface area contributed by atoms with Gasteiger partial charge in [-0.2, -0.15) is 0 Å². The summed E-state index contributed by atoms with van der Waals surface area (Å²) >= 11 is 0. The molecule has 0 aliphatic heterocycles. The number of nitrogens with one attached hydrogen (secondary N) is 1. The van der Waals surface area contributed by atoms with E-state index in [-0.39, 0.29) is 5.41 Å². The lowest BCUT2D eigenvalue weighted by Gasteiger charge is -2.31. The van der Waals surface area contributed by atoms with Gasteiger partial charge in [0.25, 0.3) is 0 Å². The quantitative estimate of drug-likeness (QED) is 0.795. The van der Waals surface area contributed by atoms with Crippen LogP contribution in [0.25, 0.3) is 0 Å². The molecule has 0 amide bonds. The molecule has 3 heteroatoms. The van der Waals surface area contributed by atoms with Gasteiger partial charge >= 0.3 is 0 Å². The predicted octanol–water partition coefficient (Wildman–Crippen LogP) is 2.55. The van der Waals surface area contributed by atoms with Crippen LogP contribution in [0.1, 0.15) is 33.3 Å². The third-order valence-corrected chi connectivity index (χ3v) is 3.70. The zero-order valence-corrected chi connectivity index (χ0v) is 12.9. The van der Waals surface area contributed by atoms with Gasteiger partial charge in [0.1, 0.15) is 5.75 Å². The summed E-state index contributed by atoms with van der Waals surface area (Å²) in [5.41, 5.74) is 7.05. The van der Waals surface area contributed by atoms with Crippen molar-refractivity contribution in [3.05, 3.63) is 29.8 Å². The molecule has 108 valence electrons. The number of para-hydroxylation sites is 1. The van der Waals surface area contributed by atoms with Crippen molar-refractivity contribution in [2.75, 3.05) is 20.2 Å². The fourth-order valence-electron chi connectivity index (χ4n) is 2.28. The maximum atomic E-state index is 5.81. The maximum Gasteiger partial charge on any atom is 0.122 e. The van der Waals surface area contributed by atoms with Gasteiger partial charge in [-0.05, 0) is 12.0 Å². The predicted molar refractivity (Wildman–Crippen MR) is 81.7 cm³/mol. The molecule has 3 N–H and O–H groups in total. The van der Waals surface area contributed by atoms with E-state index in [9.17, 15) is 0 Å². The van der Waals surface area contributed by atoms with Crippen molar-refractivity contribution in [1.82, 2.24) is 5.32 Å². The Bertz CT molecular complexity index is 388. The van der Waals surface area contributed by atoms with Crippen LogP contribution in [-0.2, 0) is 5.41 Å². The van der Waals surface area contributed by atoms with Gasteiger partial charge in [0, 0.05) is 30.1 Å². The summed E-state index contributed by atoms with van der Waals surface area (Å²) < 4.78 is 5.46. The van der Waals surface area contributed by atoms with E-state index in [0.717, 1.165) is 12.3 Å². The van der Waals surface area contributed by atoms with Gasteiger partial charge in [0.2, 0.25) is 0 Å². The summed E-state index contributed by atoms with van der Waals surface area (Å²) in [6.07, 6.45) is 0. The van der Waals surface area contributed by atoms with Crippen molar-refractivity contribution in [2.24, 2.45) is 11.7 Å². The molecule has 0 bridgehead atoms. The van der Waals surface area contributed by atoms with Crippen LogP contribution < -0.4 is 15.8 Å². The number of methoxy groups -OCH3 is 1. The second-order valence-electron chi connectivity index (χ2n) is 6.05. The van der Waals surface area contributed by atoms with E-state index in [0.29, 0.717) is 18.5 Å². The van der Waals surface area contributed by atoms with E-state index in [1.165, 1.54) is 5.56 Å². The lowest BCUT2D eigenvalue weighted by atomic mass is 9.83. The summed E-state index contributed by atoms with van der Waals surface area (Å²) in [6, 6.07) is 8.56. The number of rotatable bonds is 7. The van der Waals surface area contributed by atoms with Crippen LogP contribution in [0.2, 0.25) is 0 Å². The van der Waals surface area contributed by atoms with Gasteiger partial charge < -0.3 is 15.8 Å². The second kappa shape index (κ2) is 6.92. The zero-order chi connectivity index (χ0) is 14.5. The number of hydrogen-bond donors (Lipinski definition) is 2. The fourth-order valence-corrected chi connectivity index (χ4v) is 2.28. The van der Waals surface area contributed by atoms with Crippen LogP contribution in [0.5, 0.6) is 5.75 Å². The first-order valence-corrected chi connectivity index (χ1v) is 6.99. The molecule has 1 rings (SSSR count). The van der Waals surface area contributed by atoms with Crippen molar-refractivity contribution in [3.8, 4) is 5.75 Å². The van der Waals surface area contributed by atoms with Gasteiger partial charge in [0.05, 0.1) is 7.11 Å². The Kier molecular flexibility index (Phi) is 5.83. The molecule has 0 fully saturated rings. The SMILES string of the molecule is COc1ccccc1C(C)(C)CNC(CN)C(C)C. The zero-order valence-electron chi connectivity index (χ0n) is 12.9. The van der Waals surface area contributed by atoms with Crippen molar-refractivity contribution < 1.29 is 4.74 Å². The first kappa shape index (κ1) is 16.0. The molecule has 0 aliphatic rings. The Labute approximate surface area is 117 Å². The molecule has 0 aliphatic carbocycles. The first-order chi connectivity index (χ1) is 8.92. The third kappa shape index (κ3) is 4.22.